The van der Waals surface area contributed by atoms with Crippen molar-refractivity contribution in [3.8, 4) is 0 Å². The number of rotatable bonds is 6. The number of benzene rings is 1. The van der Waals surface area contributed by atoms with Gasteiger partial charge in [-0.05, 0) is 19.1 Å². The van der Waals surface area contributed by atoms with Crippen LogP contribution in [0.3, 0.4) is 0 Å². The van der Waals surface area contributed by atoms with Crippen LogP contribution in [-0.2, 0) is 9.53 Å². The molecule has 0 saturated carbocycles. The topological polar surface area (TPSA) is 53.6 Å². The van der Waals surface area contributed by atoms with E-state index in [0.717, 1.165) is 38.4 Å². The molecule has 5 heteroatoms. The van der Waals surface area contributed by atoms with Crippen molar-refractivity contribution >= 4 is 11.6 Å². The summed E-state index contributed by atoms with van der Waals surface area (Å²) in [5, 5.41) is 6.16. The highest BCUT2D eigenvalue weighted by atomic mass is 16.5. The van der Waals surface area contributed by atoms with Gasteiger partial charge in [0.2, 0.25) is 0 Å². The van der Waals surface area contributed by atoms with Gasteiger partial charge in [0.15, 0.2) is 0 Å². The molecule has 20 heavy (non-hydrogen) atoms. The van der Waals surface area contributed by atoms with Crippen LogP contribution in [-0.4, -0.2) is 56.2 Å². The van der Waals surface area contributed by atoms with Gasteiger partial charge in [0, 0.05) is 38.4 Å². The normalized spacial score (nSPS) is 17.6. The van der Waals surface area contributed by atoms with E-state index in [1.165, 1.54) is 0 Å². The van der Waals surface area contributed by atoms with Crippen molar-refractivity contribution in [3.63, 3.8) is 0 Å². The number of hydrogen-bond acceptors (Lipinski definition) is 4. The van der Waals surface area contributed by atoms with Crippen LogP contribution in [0.5, 0.6) is 0 Å². The van der Waals surface area contributed by atoms with Crippen molar-refractivity contribution < 1.29 is 9.53 Å². The van der Waals surface area contributed by atoms with Gasteiger partial charge in [-0.3, -0.25) is 9.69 Å². The minimum Gasteiger partial charge on any atom is -0.367 e. The third kappa shape index (κ3) is 4.92. The maximum Gasteiger partial charge on any atom is 0.253 e. The molecule has 0 spiro atoms. The number of hydrogen-bond donors (Lipinski definition) is 2. The summed E-state index contributed by atoms with van der Waals surface area (Å²) in [7, 11) is 0. The summed E-state index contributed by atoms with van der Waals surface area (Å²) in [6, 6.07) is 9.44. The maximum atomic E-state index is 11.9. The average molecular weight is 277 g/mol. The van der Waals surface area contributed by atoms with Crippen LogP contribution in [0.1, 0.15) is 6.92 Å². The fraction of sp³-hybridized carbons (Fsp3) is 0.533. The summed E-state index contributed by atoms with van der Waals surface area (Å²) in [4.78, 5) is 14.3. The van der Waals surface area contributed by atoms with Gasteiger partial charge >= 0.3 is 0 Å². The Bertz CT molecular complexity index is 405. The first kappa shape index (κ1) is 15.0. The predicted molar refractivity (Wildman–Crippen MR) is 79.8 cm³/mol. The van der Waals surface area contributed by atoms with Crippen molar-refractivity contribution in [1.82, 2.24) is 10.2 Å². The van der Waals surface area contributed by atoms with Gasteiger partial charge in [-0.1, -0.05) is 18.2 Å². The molecule has 1 aliphatic heterocycles. The first-order valence-electron chi connectivity index (χ1n) is 7.16. The summed E-state index contributed by atoms with van der Waals surface area (Å²) >= 11 is 0. The summed E-state index contributed by atoms with van der Waals surface area (Å²) in [6.45, 7) is 7.42. The van der Waals surface area contributed by atoms with Crippen molar-refractivity contribution in [2.75, 3.05) is 44.6 Å². The summed E-state index contributed by atoms with van der Waals surface area (Å²) in [5.41, 5.74) is 0.801. The number of piperazine rings is 1. The lowest BCUT2D eigenvalue weighted by atomic mass is 10.3. The van der Waals surface area contributed by atoms with E-state index in [0.29, 0.717) is 6.61 Å². The van der Waals surface area contributed by atoms with E-state index in [9.17, 15) is 4.79 Å². The van der Waals surface area contributed by atoms with E-state index < -0.39 is 6.10 Å². The minimum atomic E-state index is -0.432. The standard InChI is InChI=1S/C15H23N3O2/c1-13(15(19)17-14-5-3-2-4-6-14)20-12-11-18-9-7-16-8-10-18/h2-6,13,16H,7-12H2,1H3,(H,17,19). The molecular weight excluding hydrogens is 254 g/mol. The molecule has 1 unspecified atom stereocenters. The zero-order valence-corrected chi connectivity index (χ0v) is 12.0. The molecule has 2 rings (SSSR count). The second-order valence-corrected chi connectivity index (χ2v) is 4.96. The number of carbonyl (C=O) groups excluding carboxylic acids is 1. The fourth-order valence-corrected chi connectivity index (χ4v) is 2.13. The Hall–Kier alpha value is -1.43. The molecule has 0 bridgehead atoms. The van der Waals surface area contributed by atoms with Crippen LogP contribution in [0.25, 0.3) is 0 Å². The van der Waals surface area contributed by atoms with E-state index in [1.807, 2.05) is 30.3 Å². The third-order valence-corrected chi connectivity index (χ3v) is 3.40. The maximum absolute atomic E-state index is 11.9. The SMILES string of the molecule is CC(OCCN1CCNCC1)C(=O)Nc1ccccc1. The Kier molecular flexibility index (Phi) is 5.98. The quantitative estimate of drug-likeness (QED) is 0.812. The number of carbonyl (C=O) groups is 1. The van der Waals surface area contributed by atoms with E-state index >= 15 is 0 Å². The Morgan fingerprint density at radius 2 is 2.05 bits per heavy atom. The first-order valence-corrected chi connectivity index (χ1v) is 7.16. The number of anilines is 1. The third-order valence-electron chi connectivity index (χ3n) is 3.40. The molecule has 1 atom stereocenters. The van der Waals surface area contributed by atoms with Crippen molar-refractivity contribution in [1.29, 1.82) is 0 Å². The zero-order valence-electron chi connectivity index (χ0n) is 12.0. The number of para-hydroxylation sites is 1. The lowest BCUT2D eigenvalue weighted by Gasteiger charge is -2.27. The summed E-state index contributed by atoms with van der Waals surface area (Å²) in [5.74, 6) is -0.100. The van der Waals surface area contributed by atoms with E-state index in [2.05, 4.69) is 15.5 Å². The average Bonchev–Trinajstić information content (AvgIpc) is 2.49. The monoisotopic (exact) mass is 277 g/mol. The highest BCUT2D eigenvalue weighted by Gasteiger charge is 2.14. The summed E-state index contributed by atoms with van der Waals surface area (Å²) in [6.07, 6.45) is -0.432. The molecule has 0 aliphatic carbocycles. The second kappa shape index (κ2) is 7.99. The molecule has 110 valence electrons. The molecule has 1 saturated heterocycles. The number of amides is 1. The van der Waals surface area contributed by atoms with E-state index in [-0.39, 0.29) is 5.91 Å². The molecule has 1 heterocycles. The van der Waals surface area contributed by atoms with Gasteiger partial charge in [-0.25, -0.2) is 0 Å². The molecule has 1 aromatic carbocycles. The Morgan fingerprint density at radius 1 is 1.35 bits per heavy atom. The van der Waals surface area contributed by atoms with Crippen LogP contribution < -0.4 is 10.6 Å². The van der Waals surface area contributed by atoms with Crippen molar-refractivity contribution in [2.24, 2.45) is 0 Å². The lowest BCUT2D eigenvalue weighted by molar-refractivity contribution is -0.126. The molecule has 0 aromatic heterocycles. The van der Waals surface area contributed by atoms with Gasteiger partial charge in [0.25, 0.3) is 5.91 Å². The Labute approximate surface area is 120 Å². The number of nitrogens with zero attached hydrogens (tertiary/aromatic N) is 1. The summed E-state index contributed by atoms with van der Waals surface area (Å²) < 4.78 is 5.60. The largest absolute Gasteiger partial charge is 0.367 e. The molecule has 1 amide bonds. The van der Waals surface area contributed by atoms with Gasteiger partial charge < -0.3 is 15.4 Å². The number of ether oxygens (including phenoxy) is 1. The predicted octanol–water partition coefficient (Wildman–Crippen LogP) is 0.935. The van der Waals surface area contributed by atoms with Crippen molar-refractivity contribution in [2.45, 2.75) is 13.0 Å². The second-order valence-electron chi connectivity index (χ2n) is 4.96. The molecular formula is C15H23N3O2. The Morgan fingerprint density at radius 3 is 2.75 bits per heavy atom. The molecule has 1 aliphatic rings. The first-order chi connectivity index (χ1) is 9.75. The van der Waals surface area contributed by atoms with Crippen LogP contribution >= 0.6 is 0 Å². The van der Waals surface area contributed by atoms with Gasteiger partial charge in [0.05, 0.1) is 6.61 Å². The minimum absolute atomic E-state index is 0.100. The van der Waals surface area contributed by atoms with Crippen LogP contribution in [0, 0.1) is 0 Å². The molecule has 0 radical (unpaired) electrons. The molecule has 2 N–H and O–H groups in total. The van der Waals surface area contributed by atoms with E-state index in [1.54, 1.807) is 6.92 Å². The van der Waals surface area contributed by atoms with E-state index in [4.69, 9.17) is 4.74 Å². The lowest BCUT2D eigenvalue weighted by Crippen LogP contribution is -2.45. The van der Waals surface area contributed by atoms with Gasteiger partial charge in [-0.2, -0.15) is 0 Å². The van der Waals surface area contributed by atoms with Crippen LogP contribution in [0.15, 0.2) is 30.3 Å². The zero-order chi connectivity index (χ0) is 14.2. The van der Waals surface area contributed by atoms with Crippen LogP contribution in [0.2, 0.25) is 0 Å². The fourth-order valence-electron chi connectivity index (χ4n) is 2.13. The molecule has 1 aromatic rings. The highest BCUT2D eigenvalue weighted by Crippen LogP contribution is 2.06. The highest BCUT2D eigenvalue weighted by molar-refractivity contribution is 5.93. The molecule has 5 nitrogen and oxygen atoms in total. The molecule has 1 fully saturated rings. The van der Waals surface area contributed by atoms with Crippen LogP contribution in [0.4, 0.5) is 5.69 Å². The smallest absolute Gasteiger partial charge is 0.253 e. The Balaban J connectivity index is 1.66. The van der Waals surface area contributed by atoms with Gasteiger partial charge in [0.1, 0.15) is 6.10 Å². The van der Waals surface area contributed by atoms with Crippen molar-refractivity contribution in [3.05, 3.63) is 30.3 Å². The number of nitrogens with one attached hydrogen (secondary N) is 2. The van der Waals surface area contributed by atoms with Gasteiger partial charge in [-0.15, -0.1) is 0 Å².